The van der Waals surface area contributed by atoms with Crippen molar-refractivity contribution >= 4 is 28.2 Å². The molecule has 1 aliphatic heterocycles. The zero-order valence-electron chi connectivity index (χ0n) is 23.3. The largest absolute Gasteiger partial charge is 0.252 e. The third-order valence-electron chi connectivity index (χ3n) is 9.47. The molecular formula is C39H33N. The molecule has 40 heavy (non-hydrogen) atoms. The molecule has 194 valence electrons. The van der Waals surface area contributed by atoms with Crippen molar-refractivity contribution in [2.24, 2.45) is 4.99 Å². The van der Waals surface area contributed by atoms with Crippen molar-refractivity contribution in [1.29, 1.82) is 0 Å². The molecule has 0 radical (unpaired) electrons. The molecule has 3 aliphatic rings. The Labute approximate surface area is 236 Å². The topological polar surface area (TPSA) is 12.4 Å². The van der Waals surface area contributed by atoms with Crippen LogP contribution in [0.2, 0.25) is 0 Å². The van der Waals surface area contributed by atoms with Gasteiger partial charge in [-0.15, -0.1) is 0 Å². The van der Waals surface area contributed by atoms with E-state index >= 15 is 0 Å². The Hall–Kier alpha value is -4.23. The Morgan fingerprint density at radius 3 is 2.45 bits per heavy atom. The molecule has 0 spiro atoms. The van der Waals surface area contributed by atoms with E-state index in [1.807, 2.05) is 0 Å². The van der Waals surface area contributed by atoms with E-state index in [-0.39, 0.29) is 5.41 Å². The van der Waals surface area contributed by atoms with Crippen LogP contribution in [0.5, 0.6) is 0 Å². The Kier molecular flexibility index (Phi) is 5.26. The molecule has 1 heterocycles. The first-order valence-electron chi connectivity index (χ1n) is 14.8. The molecule has 0 aromatic heterocycles. The van der Waals surface area contributed by atoms with E-state index in [0.717, 1.165) is 31.4 Å². The van der Waals surface area contributed by atoms with Gasteiger partial charge < -0.3 is 0 Å². The summed E-state index contributed by atoms with van der Waals surface area (Å²) in [5.74, 6) is 0. The van der Waals surface area contributed by atoms with Gasteiger partial charge in [0.25, 0.3) is 0 Å². The minimum absolute atomic E-state index is 0.0541. The smallest absolute Gasteiger partial charge is 0.0711 e. The molecule has 0 N–H and O–H groups in total. The molecule has 0 unspecified atom stereocenters. The van der Waals surface area contributed by atoms with Crippen LogP contribution in [0.1, 0.15) is 66.5 Å². The summed E-state index contributed by atoms with van der Waals surface area (Å²) in [6, 6.07) is 33.9. The molecule has 5 aromatic rings. The molecule has 5 aromatic carbocycles. The normalized spacial score (nSPS) is 17.3. The molecule has 0 atom stereocenters. The average Bonchev–Trinajstić information content (AvgIpc) is 3.08. The summed E-state index contributed by atoms with van der Waals surface area (Å²) >= 11 is 0. The highest BCUT2D eigenvalue weighted by atomic mass is 14.8. The van der Waals surface area contributed by atoms with Gasteiger partial charge >= 0.3 is 0 Å². The minimum Gasteiger partial charge on any atom is -0.252 e. The molecule has 8 rings (SSSR count). The van der Waals surface area contributed by atoms with Gasteiger partial charge in [0, 0.05) is 22.3 Å². The number of fused-ring (bicyclic) bond motifs is 10. The number of benzene rings is 5. The summed E-state index contributed by atoms with van der Waals surface area (Å²) in [7, 11) is 0. The number of allylic oxidation sites excluding steroid dienone is 1. The van der Waals surface area contributed by atoms with Gasteiger partial charge in [0.15, 0.2) is 0 Å². The number of aryl methyl sites for hydroxylation is 1. The second kappa shape index (κ2) is 8.89. The molecule has 0 bridgehead atoms. The van der Waals surface area contributed by atoms with E-state index < -0.39 is 0 Å². The van der Waals surface area contributed by atoms with Gasteiger partial charge in [-0.1, -0.05) is 111 Å². The van der Waals surface area contributed by atoms with Crippen molar-refractivity contribution in [3.8, 4) is 22.3 Å². The van der Waals surface area contributed by atoms with Gasteiger partial charge in [0.2, 0.25) is 0 Å². The Morgan fingerprint density at radius 1 is 0.675 bits per heavy atom. The number of nitrogens with zero attached hydrogens (tertiary/aromatic N) is 1. The van der Waals surface area contributed by atoms with Crippen molar-refractivity contribution in [2.45, 2.75) is 51.4 Å². The van der Waals surface area contributed by atoms with Crippen LogP contribution in [-0.4, -0.2) is 5.71 Å². The molecule has 1 nitrogen and oxygen atoms in total. The third kappa shape index (κ3) is 3.43. The lowest BCUT2D eigenvalue weighted by atomic mass is 9.77. The summed E-state index contributed by atoms with van der Waals surface area (Å²) in [4.78, 5) is 5.42. The van der Waals surface area contributed by atoms with Crippen LogP contribution in [0.25, 0.3) is 39.1 Å². The van der Waals surface area contributed by atoms with E-state index in [4.69, 9.17) is 4.99 Å². The van der Waals surface area contributed by atoms with Gasteiger partial charge in [-0.3, -0.25) is 4.99 Å². The number of rotatable bonds is 1. The predicted octanol–water partition coefficient (Wildman–Crippen LogP) is 10.2. The summed E-state index contributed by atoms with van der Waals surface area (Å²) in [5.41, 5.74) is 16.4. The van der Waals surface area contributed by atoms with Gasteiger partial charge in [-0.05, 0) is 93.5 Å². The van der Waals surface area contributed by atoms with Crippen molar-refractivity contribution in [3.05, 3.63) is 130 Å². The van der Waals surface area contributed by atoms with Crippen LogP contribution in [0.3, 0.4) is 0 Å². The lowest BCUT2D eigenvalue weighted by Crippen LogP contribution is -2.18. The van der Waals surface area contributed by atoms with Crippen LogP contribution < -0.4 is 0 Å². The summed E-state index contributed by atoms with van der Waals surface area (Å²) in [5, 5.41) is 2.54. The molecule has 0 amide bonds. The highest BCUT2D eigenvalue weighted by Crippen LogP contribution is 2.54. The maximum Gasteiger partial charge on any atom is 0.0711 e. The van der Waals surface area contributed by atoms with Gasteiger partial charge in [-0.25, -0.2) is 0 Å². The maximum atomic E-state index is 5.42. The van der Waals surface area contributed by atoms with E-state index in [0.29, 0.717) is 0 Å². The molecular weight excluding hydrogens is 482 g/mol. The Bertz CT molecular complexity index is 1900. The van der Waals surface area contributed by atoms with Crippen molar-refractivity contribution in [2.75, 3.05) is 0 Å². The standard InChI is InChI=1S/C39H33N/c1-39(2)34-19-10-18-32(35-20-8-7-16-30-28-15-6-4-12-26(28)21-24-36(30)40-35)37(34)33-23-22-29-27-14-5-3-11-25(27)13-9-17-31(29)38(33)39/h3-7,10-12,14-16,18-19,21-24H,8-9,13,17,20H2,1-2H3/b16-7-,40-35?. The first-order chi connectivity index (χ1) is 19.6. The second-order valence-corrected chi connectivity index (χ2v) is 12.1. The Balaban J connectivity index is 1.35. The van der Waals surface area contributed by atoms with E-state index in [2.05, 4.69) is 117 Å². The highest BCUT2D eigenvalue weighted by Gasteiger charge is 2.40. The number of aliphatic imine (C=N–C) groups is 1. The molecule has 1 heteroatoms. The summed E-state index contributed by atoms with van der Waals surface area (Å²) < 4.78 is 0. The van der Waals surface area contributed by atoms with E-state index in [1.165, 1.54) is 73.0 Å². The fourth-order valence-corrected chi connectivity index (χ4v) is 7.65. The van der Waals surface area contributed by atoms with Crippen LogP contribution in [-0.2, 0) is 18.3 Å². The van der Waals surface area contributed by atoms with Crippen molar-refractivity contribution in [3.63, 3.8) is 0 Å². The van der Waals surface area contributed by atoms with E-state index in [9.17, 15) is 0 Å². The number of hydrogen-bond acceptors (Lipinski definition) is 1. The monoisotopic (exact) mass is 515 g/mol. The van der Waals surface area contributed by atoms with Gasteiger partial charge in [0.1, 0.15) is 0 Å². The lowest BCUT2D eigenvalue weighted by Gasteiger charge is -2.26. The first-order valence-corrected chi connectivity index (χ1v) is 14.8. The second-order valence-electron chi connectivity index (χ2n) is 12.1. The molecule has 0 saturated carbocycles. The quantitative estimate of drug-likeness (QED) is 0.211. The van der Waals surface area contributed by atoms with Gasteiger partial charge in [-0.2, -0.15) is 0 Å². The van der Waals surface area contributed by atoms with E-state index in [1.54, 1.807) is 5.56 Å². The zero-order valence-corrected chi connectivity index (χ0v) is 23.3. The van der Waals surface area contributed by atoms with Crippen molar-refractivity contribution in [1.82, 2.24) is 0 Å². The third-order valence-corrected chi connectivity index (χ3v) is 9.47. The zero-order chi connectivity index (χ0) is 26.8. The fourth-order valence-electron chi connectivity index (χ4n) is 7.65. The van der Waals surface area contributed by atoms with Crippen LogP contribution in [0.4, 0.5) is 5.69 Å². The van der Waals surface area contributed by atoms with Crippen LogP contribution >= 0.6 is 0 Å². The molecule has 0 fully saturated rings. The number of hydrogen-bond donors (Lipinski definition) is 0. The van der Waals surface area contributed by atoms with Crippen LogP contribution in [0, 0.1) is 0 Å². The molecule has 0 saturated heterocycles. The van der Waals surface area contributed by atoms with Gasteiger partial charge in [0.05, 0.1) is 5.69 Å². The average molecular weight is 516 g/mol. The maximum absolute atomic E-state index is 5.42. The first kappa shape index (κ1) is 23.6. The minimum atomic E-state index is -0.0541. The highest BCUT2D eigenvalue weighted by molar-refractivity contribution is 6.10. The SMILES string of the molecule is CC1(C)c2cccc(C3=Nc4ccc5ccccc5c4/C=C\CC3)c2-c2ccc3c(c21)CCCc1ccccc1-3. The fraction of sp³-hybridized carbons (Fsp3) is 0.205. The molecule has 2 aliphatic carbocycles. The van der Waals surface area contributed by atoms with Crippen molar-refractivity contribution < 1.29 is 0 Å². The predicted molar refractivity (Wildman–Crippen MR) is 170 cm³/mol. The summed E-state index contributed by atoms with van der Waals surface area (Å²) in [6.45, 7) is 4.87. The summed E-state index contributed by atoms with van der Waals surface area (Å²) in [6.07, 6.45) is 10.0. The van der Waals surface area contributed by atoms with Crippen LogP contribution in [0.15, 0.2) is 102 Å². The lowest BCUT2D eigenvalue weighted by molar-refractivity contribution is 0.648. The Morgan fingerprint density at radius 2 is 1.50 bits per heavy atom.